The fourth-order valence-corrected chi connectivity index (χ4v) is 2.96. The molecule has 7 heteroatoms. The van der Waals surface area contributed by atoms with E-state index >= 15 is 0 Å². The molecule has 0 fully saturated rings. The van der Waals surface area contributed by atoms with Crippen LogP contribution < -0.4 is 5.32 Å². The van der Waals surface area contributed by atoms with E-state index in [2.05, 4.69) is 5.32 Å². The second-order valence-corrected chi connectivity index (χ2v) is 6.98. The summed E-state index contributed by atoms with van der Waals surface area (Å²) in [6, 6.07) is 13.4. The molecule has 2 rings (SSSR count). The maximum Gasteiger partial charge on any atom is 0.340 e. The first-order chi connectivity index (χ1) is 12.4. The summed E-state index contributed by atoms with van der Waals surface area (Å²) in [5.41, 5.74) is 0.879. The molecule has 0 aliphatic rings. The molecule has 0 unspecified atom stereocenters. The van der Waals surface area contributed by atoms with Gasteiger partial charge >= 0.3 is 5.97 Å². The van der Waals surface area contributed by atoms with Crippen LogP contribution >= 0.6 is 23.4 Å². The molecule has 5 nitrogen and oxygen atoms in total. The first kappa shape index (κ1) is 20.0. The lowest BCUT2D eigenvalue weighted by molar-refractivity contribution is -0.123. The van der Waals surface area contributed by atoms with E-state index in [0.29, 0.717) is 21.2 Å². The van der Waals surface area contributed by atoms with Crippen LogP contribution in [0.15, 0.2) is 53.4 Å². The number of anilines is 1. The zero-order chi connectivity index (χ0) is 19.1. The Morgan fingerprint density at radius 1 is 1.12 bits per heavy atom. The first-order valence-electron chi connectivity index (χ1n) is 7.85. The molecule has 136 valence electrons. The van der Waals surface area contributed by atoms with Gasteiger partial charge in [0.05, 0.1) is 11.3 Å². The minimum absolute atomic E-state index is 0.00822. The predicted octanol–water partition coefficient (Wildman–Crippen LogP) is 4.21. The fourth-order valence-electron chi connectivity index (χ4n) is 2.00. The number of Topliss-reactive ketones (excluding diaryl/α,β-unsaturated/α-hetero) is 1. The number of rotatable bonds is 7. The minimum atomic E-state index is -0.982. The molecule has 0 heterocycles. The number of carbonyl (C=O) groups excluding carboxylic acids is 3. The first-order valence-corrected chi connectivity index (χ1v) is 9.22. The lowest BCUT2D eigenvalue weighted by Gasteiger charge is -2.15. The lowest BCUT2D eigenvalue weighted by Crippen LogP contribution is -2.30. The molecule has 0 radical (unpaired) electrons. The Kier molecular flexibility index (Phi) is 7.24. The number of hydrogen-bond acceptors (Lipinski definition) is 5. The third-order valence-electron chi connectivity index (χ3n) is 3.30. The van der Waals surface area contributed by atoms with Crippen LogP contribution in [0.2, 0.25) is 5.02 Å². The van der Waals surface area contributed by atoms with Crippen LogP contribution in [-0.2, 0) is 14.3 Å². The monoisotopic (exact) mass is 391 g/mol. The third kappa shape index (κ3) is 5.89. The van der Waals surface area contributed by atoms with Gasteiger partial charge < -0.3 is 10.1 Å². The molecule has 0 aromatic heterocycles. The van der Waals surface area contributed by atoms with Crippen LogP contribution in [0.4, 0.5) is 5.69 Å². The van der Waals surface area contributed by atoms with Gasteiger partial charge in [0.25, 0.3) is 5.91 Å². The highest BCUT2D eigenvalue weighted by molar-refractivity contribution is 8.00. The molecule has 26 heavy (non-hydrogen) atoms. The Morgan fingerprint density at radius 3 is 2.42 bits per heavy atom. The maximum atomic E-state index is 12.4. The van der Waals surface area contributed by atoms with Gasteiger partial charge in [-0.05, 0) is 50.2 Å². The molecule has 0 aliphatic heterocycles. The Hall–Kier alpha value is -2.31. The van der Waals surface area contributed by atoms with Crippen molar-refractivity contribution in [1.29, 1.82) is 0 Å². The Bertz CT molecular complexity index is 807. The molecule has 0 saturated carbocycles. The van der Waals surface area contributed by atoms with E-state index in [1.807, 2.05) is 0 Å². The van der Waals surface area contributed by atoms with Crippen molar-refractivity contribution in [3.63, 3.8) is 0 Å². The normalized spacial score (nSPS) is 11.5. The largest absolute Gasteiger partial charge is 0.449 e. The molecule has 2 aromatic carbocycles. The van der Waals surface area contributed by atoms with Gasteiger partial charge in [0.15, 0.2) is 6.10 Å². The van der Waals surface area contributed by atoms with Crippen LogP contribution in [0.5, 0.6) is 0 Å². The lowest BCUT2D eigenvalue weighted by atomic mass is 10.2. The Labute approximate surface area is 161 Å². The number of ether oxygens (including phenoxy) is 1. The van der Waals surface area contributed by atoms with Crippen LogP contribution in [0.3, 0.4) is 0 Å². The van der Waals surface area contributed by atoms with Crippen LogP contribution in [0.25, 0.3) is 0 Å². The second-order valence-electron chi connectivity index (χ2n) is 5.53. The van der Waals surface area contributed by atoms with Gasteiger partial charge in [-0.15, -0.1) is 11.8 Å². The quantitative estimate of drug-likeness (QED) is 0.565. The van der Waals surface area contributed by atoms with Crippen molar-refractivity contribution < 1.29 is 19.1 Å². The number of hydrogen-bond donors (Lipinski definition) is 1. The Morgan fingerprint density at radius 2 is 1.77 bits per heavy atom. The summed E-state index contributed by atoms with van der Waals surface area (Å²) in [5.74, 6) is -0.796. The highest BCUT2D eigenvalue weighted by Gasteiger charge is 2.21. The van der Waals surface area contributed by atoms with Crippen molar-refractivity contribution in [1.82, 2.24) is 0 Å². The summed E-state index contributed by atoms with van der Waals surface area (Å²) in [6.45, 7) is 2.98. The molecule has 1 N–H and O–H groups in total. The van der Waals surface area contributed by atoms with Crippen LogP contribution in [0, 0.1) is 0 Å². The van der Waals surface area contributed by atoms with Crippen LogP contribution in [0.1, 0.15) is 24.2 Å². The van der Waals surface area contributed by atoms with Crippen molar-refractivity contribution in [2.24, 2.45) is 0 Å². The van der Waals surface area contributed by atoms with E-state index in [1.54, 1.807) is 48.5 Å². The molecule has 0 saturated heterocycles. The van der Waals surface area contributed by atoms with Gasteiger partial charge in [-0.3, -0.25) is 9.59 Å². The van der Waals surface area contributed by atoms with Gasteiger partial charge in [0.1, 0.15) is 5.78 Å². The van der Waals surface area contributed by atoms with E-state index in [-0.39, 0.29) is 11.5 Å². The number of amides is 1. The number of halogens is 1. The van der Waals surface area contributed by atoms with Crippen LogP contribution in [-0.4, -0.2) is 29.5 Å². The summed E-state index contributed by atoms with van der Waals surface area (Å²) >= 11 is 7.06. The second kappa shape index (κ2) is 9.40. The van der Waals surface area contributed by atoms with Crippen molar-refractivity contribution in [2.75, 3.05) is 11.1 Å². The van der Waals surface area contributed by atoms with E-state index in [0.717, 1.165) is 0 Å². The molecular formula is C19H18ClNO4S. The molecule has 1 amide bonds. The zero-order valence-electron chi connectivity index (χ0n) is 14.3. The summed E-state index contributed by atoms with van der Waals surface area (Å²) < 4.78 is 5.27. The SMILES string of the molecule is CC(=O)CSc1ccccc1C(=O)O[C@H](C)C(=O)Nc1ccc(Cl)cc1. The third-order valence-corrected chi connectivity index (χ3v) is 4.77. The highest BCUT2D eigenvalue weighted by Crippen LogP contribution is 2.24. The number of benzene rings is 2. The van der Waals surface area contributed by atoms with E-state index in [4.69, 9.17) is 16.3 Å². The van der Waals surface area contributed by atoms with Crippen molar-refractivity contribution in [3.8, 4) is 0 Å². The number of thioether (sulfide) groups is 1. The molecule has 0 aliphatic carbocycles. The van der Waals surface area contributed by atoms with E-state index < -0.39 is 18.0 Å². The number of nitrogens with one attached hydrogen (secondary N) is 1. The molecule has 0 spiro atoms. The van der Waals surface area contributed by atoms with Gasteiger partial charge in [-0.25, -0.2) is 4.79 Å². The molecule has 1 atom stereocenters. The van der Waals surface area contributed by atoms with E-state index in [1.165, 1.54) is 25.6 Å². The minimum Gasteiger partial charge on any atom is -0.449 e. The highest BCUT2D eigenvalue weighted by atomic mass is 35.5. The smallest absolute Gasteiger partial charge is 0.340 e. The zero-order valence-corrected chi connectivity index (χ0v) is 15.9. The number of ketones is 1. The average molecular weight is 392 g/mol. The van der Waals surface area contributed by atoms with Crippen molar-refractivity contribution >= 4 is 46.7 Å². The summed E-state index contributed by atoms with van der Waals surface area (Å²) in [5, 5.41) is 3.21. The van der Waals surface area contributed by atoms with Gasteiger partial charge in [-0.2, -0.15) is 0 Å². The van der Waals surface area contributed by atoms with Gasteiger partial charge in [-0.1, -0.05) is 23.7 Å². The van der Waals surface area contributed by atoms with Crippen molar-refractivity contribution in [3.05, 3.63) is 59.1 Å². The van der Waals surface area contributed by atoms with Crippen molar-refractivity contribution in [2.45, 2.75) is 24.8 Å². The Balaban J connectivity index is 2.01. The summed E-state index contributed by atoms with van der Waals surface area (Å²) in [7, 11) is 0. The summed E-state index contributed by atoms with van der Waals surface area (Å²) in [6.07, 6.45) is -0.982. The van der Waals surface area contributed by atoms with Gasteiger partial charge in [0.2, 0.25) is 0 Å². The topological polar surface area (TPSA) is 72.5 Å². The predicted molar refractivity (Wildman–Crippen MR) is 103 cm³/mol. The number of esters is 1. The number of carbonyl (C=O) groups is 3. The standard InChI is InChI=1S/C19H18ClNO4S/c1-12(22)11-26-17-6-4-3-5-16(17)19(24)25-13(2)18(23)21-15-9-7-14(20)8-10-15/h3-10,13H,11H2,1-2H3,(H,21,23)/t13-/m1/s1. The van der Waals surface area contributed by atoms with E-state index in [9.17, 15) is 14.4 Å². The maximum absolute atomic E-state index is 12.4. The summed E-state index contributed by atoms with van der Waals surface area (Å²) in [4.78, 5) is 36.4. The fraction of sp³-hybridized carbons (Fsp3) is 0.211. The molecular weight excluding hydrogens is 374 g/mol. The molecule has 2 aromatic rings. The molecule has 0 bridgehead atoms. The van der Waals surface area contributed by atoms with Gasteiger partial charge in [0, 0.05) is 15.6 Å². The average Bonchev–Trinajstić information content (AvgIpc) is 2.62.